The van der Waals surface area contributed by atoms with Gasteiger partial charge >= 0.3 is 12.1 Å². The van der Waals surface area contributed by atoms with Crippen molar-refractivity contribution in [2.24, 2.45) is 0 Å². The highest BCUT2D eigenvalue weighted by Gasteiger charge is 2.36. The number of aryl methyl sites for hydroxylation is 1. The van der Waals surface area contributed by atoms with E-state index in [4.69, 9.17) is 28.3 Å². The van der Waals surface area contributed by atoms with E-state index in [1.807, 2.05) is 0 Å². The first-order chi connectivity index (χ1) is 11.6. The fraction of sp³-hybridized carbons (Fsp3) is 0.333. The van der Waals surface area contributed by atoms with Gasteiger partial charge in [0.15, 0.2) is 5.69 Å². The van der Waals surface area contributed by atoms with Crippen LogP contribution >= 0.6 is 23.2 Å². The number of alkyl halides is 3. The number of aromatic carboxylic acids is 1. The first kappa shape index (κ1) is 19.4. The third-order valence-corrected chi connectivity index (χ3v) is 4.17. The van der Waals surface area contributed by atoms with Crippen molar-refractivity contribution >= 4 is 34.9 Å². The molecular formula is C15H14Cl2F3N3O2. The molecule has 25 heavy (non-hydrogen) atoms. The summed E-state index contributed by atoms with van der Waals surface area (Å²) in [6.45, 7) is 3.07. The van der Waals surface area contributed by atoms with Crippen LogP contribution in [0.2, 0.25) is 10.0 Å². The van der Waals surface area contributed by atoms with Gasteiger partial charge in [0.05, 0.1) is 10.7 Å². The number of carboxylic acids is 1. The molecule has 2 N–H and O–H groups in total. The normalized spacial score (nSPS) is 12.9. The zero-order chi connectivity index (χ0) is 18.9. The number of nitrogens with one attached hydrogen (secondary N) is 1. The number of carbonyl (C=O) groups is 1. The first-order valence-electron chi connectivity index (χ1n) is 7.19. The second kappa shape index (κ2) is 7.13. The monoisotopic (exact) mass is 395 g/mol. The van der Waals surface area contributed by atoms with Gasteiger partial charge in [0.25, 0.3) is 0 Å². The van der Waals surface area contributed by atoms with E-state index < -0.39 is 18.2 Å². The second-order valence-corrected chi connectivity index (χ2v) is 6.02. The Bertz CT molecular complexity index is 806. The van der Waals surface area contributed by atoms with E-state index in [0.717, 1.165) is 6.92 Å². The van der Waals surface area contributed by atoms with Gasteiger partial charge in [0.1, 0.15) is 11.1 Å². The second-order valence-electron chi connectivity index (χ2n) is 5.23. The minimum absolute atomic E-state index is 0.0828. The zero-order valence-corrected chi connectivity index (χ0v) is 14.7. The van der Waals surface area contributed by atoms with E-state index in [-0.39, 0.29) is 21.4 Å². The predicted octanol–water partition coefficient (Wildman–Crippen LogP) is 4.94. The largest absolute Gasteiger partial charge is 0.476 e. The van der Waals surface area contributed by atoms with Crippen molar-refractivity contribution in [1.29, 1.82) is 0 Å². The van der Waals surface area contributed by atoms with E-state index in [2.05, 4.69) is 10.4 Å². The molecule has 0 fully saturated rings. The summed E-state index contributed by atoms with van der Waals surface area (Å²) < 4.78 is 39.3. The smallest absolute Gasteiger partial charge is 0.408 e. The zero-order valence-electron chi connectivity index (χ0n) is 13.2. The minimum atomic E-state index is -4.40. The Labute approximate surface area is 151 Å². The summed E-state index contributed by atoms with van der Waals surface area (Å²) in [4.78, 5) is 11.2. The maximum atomic E-state index is 12.6. The van der Waals surface area contributed by atoms with Crippen molar-refractivity contribution in [3.05, 3.63) is 33.9 Å². The van der Waals surface area contributed by atoms with Crippen LogP contribution in [0.1, 0.15) is 24.3 Å². The van der Waals surface area contributed by atoms with Gasteiger partial charge in [-0.2, -0.15) is 18.3 Å². The summed E-state index contributed by atoms with van der Waals surface area (Å²) in [6.07, 6.45) is -4.40. The average Bonchev–Trinajstić information content (AvgIpc) is 2.83. The molecule has 1 heterocycles. The van der Waals surface area contributed by atoms with Crippen molar-refractivity contribution in [3.8, 4) is 11.3 Å². The molecule has 0 aliphatic rings. The quantitative estimate of drug-likeness (QED) is 0.752. The summed E-state index contributed by atoms with van der Waals surface area (Å²) >= 11 is 12.3. The van der Waals surface area contributed by atoms with E-state index in [9.17, 15) is 18.0 Å². The molecular weight excluding hydrogens is 382 g/mol. The van der Waals surface area contributed by atoms with E-state index in [1.165, 1.54) is 22.9 Å². The highest BCUT2D eigenvalue weighted by atomic mass is 35.5. The molecule has 10 heteroatoms. The number of anilines is 1. The Kier molecular flexibility index (Phi) is 5.53. The van der Waals surface area contributed by atoms with Crippen LogP contribution in [-0.4, -0.2) is 33.1 Å². The third-order valence-electron chi connectivity index (χ3n) is 3.50. The molecule has 5 nitrogen and oxygen atoms in total. The molecule has 2 aromatic rings. The molecule has 0 bridgehead atoms. The van der Waals surface area contributed by atoms with Crippen LogP contribution in [-0.2, 0) is 6.54 Å². The van der Waals surface area contributed by atoms with E-state index in [1.54, 1.807) is 6.92 Å². The standard InChI is InChI=1S/C15H14Cl2F3N3O2/c1-3-23-13(11(17)12(22-23)14(24)25)9-5-4-8(6-10(9)16)21-7(2)15(18,19)20/h4-7,21H,3H2,1-2H3,(H,24,25)/t7-/m1/s1. The van der Waals surface area contributed by atoms with Gasteiger partial charge in [0, 0.05) is 17.8 Å². The first-order valence-corrected chi connectivity index (χ1v) is 7.94. The average molecular weight is 396 g/mol. The summed E-state index contributed by atoms with van der Waals surface area (Å²) in [7, 11) is 0. The lowest BCUT2D eigenvalue weighted by molar-refractivity contribution is -0.138. The Morgan fingerprint density at radius 3 is 2.52 bits per heavy atom. The fourth-order valence-corrected chi connectivity index (χ4v) is 2.78. The maximum Gasteiger partial charge on any atom is 0.408 e. The maximum absolute atomic E-state index is 12.6. The van der Waals surface area contributed by atoms with Crippen LogP contribution < -0.4 is 5.32 Å². The number of aromatic nitrogens is 2. The molecule has 0 amide bonds. The van der Waals surface area contributed by atoms with Crippen molar-refractivity contribution in [2.75, 3.05) is 5.32 Å². The molecule has 0 saturated carbocycles. The van der Waals surface area contributed by atoms with Crippen molar-refractivity contribution in [3.63, 3.8) is 0 Å². The molecule has 0 aliphatic heterocycles. The van der Waals surface area contributed by atoms with Crippen LogP contribution in [0.3, 0.4) is 0 Å². The molecule has 0 unspecified atom stereocenters. The summed E-state index contributed by atoms with van der Waals surface area (Å²) in [5, 5.41) is 15.4. The topological polar surface area (TPSA) is 67.2 Å². The number of hydrogen-bond acceptors (Lipinski definition) is 3. The van der Waals surface area contributed by atoms with Gasteiger partial charge in [0.2, 0.25) is 0 Å². The number of benzene rings is 1. The molecule has 0 spiro atoms. The lowest BCUT2D eigenvalue weighted by atomic mass is 10.1. The lowest BCUT2D eigenvalue weighted by Crippen LogP contribution is -2.33. The molecule has 2 rings (SSSR count). The van der Waals surface area contributed by atoms with Crippen LogP contribution in [0.15, 0.2) is 18.2 Å². The number of nitrogens with zero attached hydrogens (tertiary/aromatic N) is 2. The van der Waals surface area contributed by atoms with Crippen LogP contribution in [0, 0.1) is 0 Å². The predicted molar refractivity (Wildman–Crippen MR) is 89.5 cm³/mol. The van der Waals surface area contributed by atoms with Crippen molar-refractivity contribution in [2.45, 2.75) is 32.6 Å². The summed E-state index contributed by atoms with van der Waals surface area (Å²) in [5.41, 5.74) is 0.527. The fourth-order valence-electron chi connectivity index (χ4n) is 2.19. The Morgan fingerprint density at radius 2 is 2.04 bits per heavy atom. The van der Waals surface area contributed by atoms with Gasteiger partial charge in [-0.25, -0.2) is 4.79 Å². The molecule has 0 aliphatic carbocycles. The Balaban J connectivity index is 2.44. The van der Waals surface area contributed by atoms with Gasteiger partial charge in [-0.3, -0.25) is 4.68 Å². The Hall–Kier alpha value is -1.93. The summed E-state index contributed by atoms with van der Waals surface area (Å²) in [5.74, 6) is -1.29. The van der Waals surface area contributed by atoms with Crippen LogP contribution in [0.4, 0.5) is 18.9 Å². The molecule has 136 valence electrons. The number of halogens is 5. The van der Waals surface area contributed by atoms with Gasteiger partial charge < -0.3 is 10.4 Å². The van der Waals surface area contributed by atoms with Gasteiger partial charge in [-0.05, 0) is 32.0 Å². The number of carboxylic acid groups (broad SMARTS) is 1. The van der Waals surface area contributed by atoms with Crippen molar-refractivity contribution in [1.82, 2.24) is 9.78 Å². The highest BCUT2D eigenvalue weighted by Crippen LogP contribution is 2.37. The van der Waals surface area contributed by atoms with Crippen LogP contribution in [0.5, 0.6) is 0 Å². The molecule has 0 radical (unpaired) electrons. The van der Waals surface area contributed by atoms with Crippen molar-refractivity contribution < 1.29 is 23.1 Å². The summed E-state index contributed by atoms with van der Waals surface area (Å²) in [6, 6.07) is 2.45. The highest BCUT2D eigenvalue weighted by molar-refractivity contribution is 6.38. The van der Waals surface area contributed by atoms with E-state index in [0.29, 0.717) is 17.8 Å². The molecule has 1 aromatic carbocycles. The third kappa shape index (κ3) is 4.01. The Morgan fingerprint density at radius 1 is 1.40 bits per heavy atom. The minimum Gasteiger partial charge on any atom is -0.476 e. The van der Waals surface area contributed by atoms with E-state index >= 15 is 0 Å². The molecule has 0 saturated heterocycles. The number of hydrogen-bond donors (Lipinski definition) is 2. The lowest BCUT2D eigenvalue weighted by Gasteiger charge is -2.19. The van der Waals surface area contributed by atoms with Crippen LogP contribution in [0.25, 0.3) is 11.3 Å². The molecule has 1 aromatic heterocycles. The van der Waals surface area contributed by atoms with Gasteiger partial charge in [-0.1, -0.05) is 23.2 Å². The SMILES string of the molecule is CCn1nc(C(=O)O)c(Cl)c1-c1ccc(N[C@H](C)C(F)(F)F)cc1Cl. The number of rotatable bonds is 5. The molecule has 1 atom stereocenters. The van der Waals surface area contributed by atoms with Gasteiger partial charge in [-0.15, -0.1) is 0 Å².